The molecule has 0 unspecified atom stereocenters. The molecule has 0 N–H and O–H groups in total. The lowest BCUT2D eigenvalue weighted by atomic mass is 9.99. The van der Waals surface area contributed by atoms with Crippen molar-refractivity contribution in [3.05, 3.63) is 65.7 Å². The number of carbonyl (C=O) groups excluding carboxylic acids is 1. The minimum Gasteiger partial charge on any atom is -0.493 e. The average molecular weight is 351 g/mol. The Morgan fingerprint density at radius 1 is 0.923 bits per heavy atom. The van der Waals surface area contributed by atoms with Crippen molar-refractivity contribution < 1.29 is 14.4 Å². The lowest BCUT2D eigenvalue weighted by Gasteiger charge is -2.24. The summed E-state index contributed by atoms with van der Waals surface area (Å²) >= 11 is 0. The largest absolute Gasteiger partial charge is 0.493 e. The predicted molar refractivity (Wildman–Crippen MR) is 99.6 cm³/mol. The number of benzene rings is 2. The first-order chi connectivity index (χ1) is 12.8. The smallest absolute Gasteiger partial charge is 0.246 e. The minimum absolute atomic E-state index is 0.0289. The van der Waals surface area contributed by atoms with E-state index < -0.39 is 0 Å². The number of para-hydroxylation sites is 1. The van der Waals surface area contributed by atoms with Crippen molar-refractivity contribution in [3.8, 4) is 5.75 Å². The maximum atomic E-state index is 12.9. The number of carbonyl (C=O) groups is 1. The van der Waals surface area contributed by atoms with E-state index in [1.807, 2.05) is 42.5 Å². The zero-order valence-corrected chi connectivity index (χ0v) is 15.0. The van der Waals surface area contributed by atoms with Gasteiger partial charge in [-0.2, -0.15) is 0 Å². The lowest BCUT2D eigenvalue weighted by molar-refractivity contribution is -0.189. The third kappa shape index (κ3) is 3.75. The van der Waals surface area contributed by atoms with E-state index in [2.05, 4.69) is 12.1 Å². The van der Waals surface area contributed by atoms with E-state index in [-0.39, 0.29) is 18.1 Å². The topological polar surface area (TPSA) is 38.8 Å². The van der Waals surface area contributed by atoms with Crippen molar-refractivity contribution in [2.75, 3.05) is 6.61 Å². The highest BCUT2D eigenvalue weighted by molar-refractivity contribution is 5.76. The molecule has 1 saturated heterocycles. The van der Waals surface area contributed by atoms with Crippen molar-refractivity contribution in [1.29, 1.82) is 0 Å². The zero-order valence-electron chi connectivity index (χ0n) is 15.0. The third-order valence-electron chi connectivity index (χ3n) is 5.25. The lowest BCUT2D eigenvalue weighted by Crippen LogP contribution is -2.34. The predicted octanol–water partition coefficient (Wildman–Crippen LogP) is 4.46. The van der Waals surface area contributed by atoms with Crippen molar-refractivity contribution in [1.82, 2.24) is 5.06 Å². The molecular formula is C22H25NO3. The van der Waals surface area contributed by atoms with Crippen LogP contribution in [0.15, 0.2) is 54.6 Å². The number of aryl methyl sites for hydroxylation is 1. The highest BCUT2D eigenvalue weighted by Gasteiger charge is 2.37. The second-order valence-corrected chi connectivity index (χ2v) is 7.07. The first-order valence-electron chi connectivity index (χ1n) is 9.56. The highest BCUT2D eigenvalue weighted by Crippen LogP contribution is 2.36. The Morgan fingerprint density at radius 3 is 2.62 bits per heavy atom. The number of rotatable bonds is 1. The van der Waals surface area contributed by atoms with Crippen molar-refractivity contribution in [2.24, 2.45) is 0 Å². The molecule has 0 aliphatic carbocycles. The zero-order chi connectivity index (χ0) is 17.8. The summed E-state index contributed by atoms with van der Waals surface area (Å²) in [4.78, 5) is 19.0. The Bertz CT molecular complexity index is 746. The van der Waals surface area contributed by atoms with Gasteiger partial charge in [0.25, 0.3) is 0 Å². The Labute approximate surface area is 154 Å². The molecule has 1 fully saturated rings. The fraction of sp³-hybridized carbons (Fsp3) is 0.409. The van der Waals surface area contributed by atoms with Gasteiger partial charge >= 0.3 is 0 Å². The second kappa shape index (κ2) is 7.92. The Balaban J connectivity index is 1.52. The molecule has 0 bridgehead atoms. The van der Waals surface area contributed by atoms with Crippen LogP contribution in [0.25, 0.3) is 0 Å². The van der Waals surface area contributed by atoms with Gasteiger partial charge in [-0.1, -0.05) is 48.5 Å². The van der Waals surface area contributed by atoms with E-state index in [1.54, 1.807) is 5.06 Å². The quantitative estimate of drug-likeness (QED) is 0.762. The summed E-state index contributed by atoms with van der Waals surface area (Å²) in [6, 6.07) is 18.4. The van der Waals surface area contributed by atoms with E-state index in [0.717, 1.165) is 49.2 Å². The number of ether oxygens (including phenoxy) is 1. The Morgan fingerprint density at radius 2 is 1.73 bits per heavy atom. The summed E-state index contributed by atoms with van der Waals surface area (Å²) in [5.74, 6) is 0.978. The van der Waals surface area contributed by atoms with E-state index in [4.69, 9.17) is 9.57 Å². The molecule has 0 radical (unpaired) electrons. The molecule has 0 spiro atoms. The van der Waals surface area contributed by atoms with Gasteiger partial charge in [-0.05, 0) is 42.9 Å². The molecule has 1 amide bonds. The van der Waals surface area contributed by atoms with Gasteiger partial charge in [0.1, 0.15) is 11.9 Å². The molecule has 26 heavy (non-hydrogen) atoms. The fourth-order valence-corrected chi connectivity index (χ4v) is 3.84. The number of amides is 1. The van der Waals surface area contributed by atoms with Gasteiger partial charge in [-0.3, -0.25) is 9.63 Å². The Kier molecular flexibility index (Phi) is 5.21. The van der Waals surface area contributed by atoms with Crippen LogP contribution in [-0.2, 0) is 16.1 Å². The van der Waals surface area contributed by atoms with Gasteiger partial charge in [0.15, 0.2) is 0 Å². The molecule has 4 rings (SSSR count). The first kappa shape index (κ1) is 17.1. The van der Waals surface area contributed by atoms with Crippen molar-refractivity contribution in [2.45, 2.75) is 50.7 Å². The molecule has 2 aromatic carbocycles. The molecule has 2 heterocycles. The minimum atomic E-state index is -0.0289. The van der Waals surface area contributed by atoms with Gasteiger partial charge in [0.2, 0.25) is 5.91 Å². The van der Waals surface area contributed by atoms with E-state index in [0.29, 0.717) is 12.8 Å². The summed E-state index contributed by atoms with van der Waals surface area (Å²) in [6.45, 7) is 0.723. The number of nitrogens with zero attached hydrogens (tertiary/aromatic N) is 1. The monoisotopic (exact) mass is 351 g/mol. The van der Waals surface area contributed by atoms with Crippen molar-refractivity contribution in [3.63, 3.8) is 0 Å². The van der Waals surface area contributed by atoms with Crippen LogP contribution in [0.3, 0.4) is 0 Å². The summed E-state index contributed by atoms with van der Waals surface area (Å²) < 4.78 is 5.94. The fourth-order valence-electron chi connectivity index (χ4n) is 3.84. The molecule has 4 nitrogen and oxygen atoms in total. The SMILES string of the molecule is O=C1CCc2ccccc2OCCCC[C@H]2C[C@@H](c3ccccc3)ON12. The number of hydroxylamine groups is 2. The van der Waals surface area contributed by atoms with Gasteiger partial charge in [0.05, 0.1) is 12.6 Å². The maximum absolute atomic E-state index is 12.9. The standard InChI is InChI=1S/C22H25NO3/c24-22-14-13-18-10-4-5-12-20(18)25-15-7-6-11-19-16-21(26-23(19)22)17-8-2-1-3-9-17/h1-5,8-10,12,19,21H,6-7,11,13-16H2/t19-,21-/m0/s1. The van der Waals surface area contributed by atoms with Crippen molar-refractivity contribution >= 4 is 5.91 Å². The molecule has 136 valence electrons. The van der Waals surface area contributed by atoms with Crippen LogP contribution in [0.2, 0.25) is 0 Å². The van der Waals surface area contributed by atoms with Gasteiger partial charge in [0, 0.05) is 12.8 Å². The molecule has 0 aromatic heterocycles. The van der Waals surface area contributed by atoms with Crippen LogP contribution >= 0.6 is 0 Å². The summed E-state index contributed by atoms with van der Waals surface area (Å²) in [5.41, 5.74) is 2.24. The van der Waals surface area contributed by atoms with Crippen LogP contribution < -0.4 is 4.74 Å². The average Bonchev–Trinajstić information content (AvgIpc) is 3.11. The van der Waals surface area contributed by atoms with Crippen LogP contribution in [-0.4, -0.2) is 23.6 Å². The van der Waals surface area contributed by atoms with Gasteiger partial charge in [-0.25, -0.2) is 5.06 Å². The molecular weight excluding hydrogens is 326 g/mol. The van der Waals surface area contributed by atoms with Crippen LogP contribution in [0, 0.1) is 0 Å². The molecule has 2 aliphatic rings. The number of fused-ring (bicyclic) bond motifs is 2. The summed E-state index contributed by atoms with van der Waals surface area (Å²) in [6.07, 6.45) is 4.94. The van der Waals surface area contributed by atoms with Crippen LogP contribution in [0.1, 0.15) is 49.3 Å². The normalized spacial score (nSPS) is 24.0. The molecule has 0 saturated carbocycles. The molecule has 2 aliphatic heterocycles. The molecule has 2 atom stereocenters. The third-order valence-corrected chi connectivity index (χ3v) is 5.25. The number of hydrogen-bond acceptors (Lipinski definition) is 3. The summed E-state index contributed by atoms with van der Waals surface area (Å²) in [5, 5.41) is 1.67. The van der Waals surface area contributed by atoms with E-state index in [9.17, 15) is 4.79 Å². The van der Waals surface area contributed by atoms with Crippen LogP contribution in [0.5, 0.6) is 5.75 Å². The van der Waals surface area contributed by atoms with E-state index >= 15 is 0 Å². The van der Waals surface area contributed by atoms with Crippen LogP contribution in [0.4, 0.5) is 0 Å². The Hall–Kier alpha value is -2.33. The highest BCUT2D eigenvalue weighted by atomic mass is 16.7. The first-order valence-corrected chi connectivity index (χ1v) is 9.56. The molecule has 4 heteroatoms. The maximum Gasteiger partial charge on any atom is 0.246 e. The number of hydrogen-bond donors (Lipinski definition) is 0. The summed E-state index contributed by atoms with van der Waals surface area (Å²) in [7, 11) is 0. The second-order valence-electron chi connectivity index (χ2n) is 7.07. The van der Waals surface area contributed by atoms with Gasteiger partial charge in [-0.15, -0.1) is 0 Å². The van der Waals surface area contributed by atoms with Gasteiger partial charge < -0.3 is 4.74 Å². The molecule has 2 aromatic rings. The van der Waals surface area contributed by atoms with E-state index in [1.165, 1.54) is 0 Å².